The van der Waals surface area contributed by atoms with E-state index in [9.17, 15) is 9.18 Å². The number of hydrogen-bond acceptors (Lipinski definition) is 3. The average molecular weight is 545 g/mol. The first-order chi connectivity index (χ1) is 14.6. The second-order valence-electron chi connectivity index (χ2n) is 8.50. The number of amides is 1. The smallest absolute Gasteiger partial charge is 0.234 e. The van der Waals surface area contributed by atoms with Crippen LogP contribution in [0.4, 0.5) is 4.39 Å². The normalized spacial score (nSPS) is 18.7. The monoisotopic (exact) mass is 545 g/mol. The van der Waals surface area contributed by atoms with Crippen molar-refractivity contribution >= 4 is 35.8 Å². The van der Waals surface area contributed by atoms with E-state index in [1.54, 1.807) is 12.1 Å². The highest BCUT2D eigenvalue weighted by Crippen LogP contribution is 2.49. The van der Waals surface area contributed by atoms with Gasteiger partial charge in [0.15, 0.2) is 5.96 Å². The van der Waals surface area contributed by atoms with E-state index in [1.807, 2.05) is 12.1 Å². The van der Waals surface area contributed by atoms with E-state index in [0.717, 1.165) is 69.8 Å². The van der Waals surface area contributed by atoms with Crippen LogP contribution < -0.4 is 16.0 Å². The molecule has 1 saturated heterocycles. The van der Waals surface area contributed by atoms with Crippen LogP contribution in [0, 0.1) is 5.82 Å². The lowest BCUT2D eigenvalue weighted by atomic mass is 9.95. The lowest BCUT2D eigenvalue weighted by Gasteiger charge is -2.32. The largest absolute Gasteiger partial charge is 0.357 e. The van der Waals surface area contributed by atoms with Crippen molar-refractivity contribution in [3.8, 4) is 0 Å². The van der Waals surface area contributed by atoms with E-state index >= 15 is 0 Å². The topological polar surface area (TPSA) is 68.8 Å². The van der Waals surface area contributed by atoms with Gasteiger partial charge in [0.2, 0.25) is 5.91 Å². The maximum Gasteiger partial charge on any atom is 0.234 e. The van der Waals surface area contributed by atoms with Crippen molar-refractivity contribution < 1.29 is 9.18 Å². The fourth-order valence-electron chi connectivity index (χ4n) is 4.06. The van der Waals surface area contributed by atoms with Crippen molar-refractivity contribution in [3.05, 3.63) is 35.6 Å². The summed E-state index contributed by atoms with van der Waals surface area (Å²) in [6.07, 6.45) is 4.88. The first-order valence-corrected chi connectivity index (χ1v) is 11.3. The molecule has 0 atom stereocenters. The summed E-state index contributed by atoms with van der Waals surface area (Å²) in [5, 5.41) is 9.82. The van der Waals surface area contributed by atoms with Gasteiger partial charge < -0.3 is 16.0 Å². The standard InChI is InChI=1S/C23H36FN5O.HI/c1-3-13-26-21(30)16-29-14-9-18(10-15-29)28-22(25-4-2)27-17-23(11-12-23)19-7-5-6-8-20(19)24;/h5-8,18H,3-4,9-17H2,1-2H3,(H,26,30)(H2,25,27,28);1H. The van der Waals surface area contributed by atoms with Gasteiger partial charge in [0.1, 0.15) is 5.82 Å². The summed E-state index contributed by atoms with van der Waals surface area (Å²) in [7, 11) is 0. The van der Waals surface area contributed by atoms with Crippen LogP contribution >= 0.6 is 24.0 Å². The molecule has 1 saturated carbocycles. The third kappa shape index (κ3) is 7.59. The Balaban J connectivity index is 0.00000341. The number of benzene rings is 1. The van der Waals surface area contributed by atoms with Crippen molar-refractivity contribution in [2.45, 2.75) is 57.4 Å². The molecule has 2 aliphatic rings. The number of hydrogen-bond donors (Lipinski definition) is 3. The molecule has 2 fully saturated rings. The van der Waals surface area contributed by atoms with Crippen LogP contribution in [-0.2, 0) is 10.2 Å². The molecule has 0 bridgehead atoms. The van der Waals surface area contributed by atoms with Crippen LogP contribution in [0.2, 0.25) is 0 Å². The predicted molar refractivity (Wildman–Crippen MR) is 135 cm³/mol. The number of carbonyl (C=O) groups excluding carboxylic acids is 1. The quantitative estimate of drug-likeness (QED) is 0.254. The Hall–Kier alpha value is -1.42. The van der Waals surface area contributed by atoms with Crippen molar-refractivity contribution in [3.63, 3.8) is 0 Å². The van der Waals surface area contributed by atoms with E-state index in [1.165, 1.54) is 0 Å². The second-order valence-corrected chi connectivity index (χ2v) is 8.50. The van der Waals surface area contributed by atoms with E-state index in [2.05, 4.69) is 34.7 Å². The zero-order valence-corrected chi connectivity index (χ0v) is 21.1. The Morgan fingerprint density at radius 2 is 1.90 bits per heavy atom. The SMILES string of the molecule is CCCNC(=O)CN1CCC(NC(=NCC2(c3ccccc3F)CC2)NCC)CC1.I. The van der Waals surface area contributed by atoms with Crippen LogP contribution in [0.3, 0.4) is 0 Å². The van der Waals surface area contributed by atoms with Crippen molar-refractivity contribution in [1.82, 2.24) is 20.9 Å². The fraction of sp³-hybridized carbons (Fsp3) is 0.652. The average Bonchev–Trinajstić information content (AvgIpc) is 3.53. The summed E-state index contributed by atoms with van der Waals surface area (Å²) in [5.74, 6) is 0.791. The summed E-state index contributed by atoms with van der Waals surface area (Å²) in [6, 6.07) is 7.41. The number of aliphatic imine (C=N–C) groups is 1. The number of nitrogens with one attached hydrogen (secondary N) is 3. The van der Waals surface area contributed by atoms with Gasteiger partial charge in [0.25, 0.3) is 0 Å². The number of rotatable bonds is 9. The van der Waals surface area contributed by atoms with Crippen LogP contribution in [0.1, 0.15) is 51.5 Å². The molecule has 174 valence electrons. The summed E-state index contributed by atoms with van der Waals surface area (Å²) in [5.41, 5.74) is 0.641. The highest BCUT2D eigenvalue weighted by Gasteiger charge is 2.45. The van der Waals surface area contributed by atoms with Crippen LogP contribution in [0.15, 0.2) is 29.3 Å². The van der Waals surface area contributed by atoms with Crippen molar-refractivity contribution in [1.29, 1.82) is 0 Å². The second kappa shape index (κ2) is 12.6. The maximum absolute atomic E-state index is 14.3. The molecule has 6 nitrogen and oxygen atoms in total. The van der Waals surface area contributed by atoms with Gasteiger partial charge in [-0.05, 0) is 50.7 Å². The fourth-order valence-corrected chi connectivity index (χ4v) is 4.06. The Kier molecular flexibility index (Phi) is 10.5. The van der Waals surface area contributed by atoms with Crippen molar-refractivity contribution in [2.75, 3.05) is 39.3 Å². The Bertz CT molecular complexity index is 732. The van der Waals surface area contributed by atoms with Crippen LogP contribution in [0.25, 0.3) is 0 Å². The predicted octanol–water partition coefficient (Wildman–Crippen LogP) is 3.02. The van der Waals surface area contributed by atoms with Gasteiger partial charge in [-0.25, -0.2) is 4.39 Å². The molecule has 1 heterocycles. The molecular formula is C23H37FIN5O. The highest BCUT2D eigenvalue weighted by molar-refractivity contribution is 14.0. The van der Waals surface area contributed by atoms with Crippen molar-refractivity contribution in [2.24, 2.45) is 4.99 Å². The van der Waals surface area contributed by atoms with E-state index in [-0.39, 0.29) is 41.1 Å². The molecule has 1 aliphatic heterocycles. The number of halogens is 2. The summed E-state index contributed by atoms with van der Waals surface area (Å²) in [4.78, 5) is 18.9. The molecule has 3 N–H and O–H groups in total. The number of piperidine rings is 1. The minimum absolute atomic E-state index is 0. The molecule has 0 radical (unpaired) electrons. The first-order valence-electron chi connectivity index (χ1n) is 11.3. The minimum atomic E-state index is -0.150. The van der Waals surface area contributed by atoms with Gasteiger partial charge >= 0.3 is 0 Å². The zero-order valence-electron chi connectivity index (χ0n) is 18.8. The van der Waals surface area contributed by atoms with Gasteiger partial charge in [-0.2, -0.15) is 0 Å². The third-order valence-corrected chi connectivity index (χ3v) is 6.05. The number of likely N-dealkylation sites (tertiary alicyclic amines) is 1. The van der Waals surface area contributed by atoms with Gasteiger partial charge in [-0.1, -0.05) is 25.1 Å². The molecule has 1 aromatic rings. The molecule has 1 amide bonds. The Labute approximate surface area is 202 Å². The highest BCUT2D eigenvalue weighted by atomic mass is 127. The van der Waals surface area contributed by atoms with Crippen LogP contribution in [-0.4, -0.2) is 62.1 Å². The Morgan fingerprint density at radius 1 is 1.19 bits per heavy atom. The lowest BCUT2D eigenvalue weighted by Crippen LogP contribution is -2.50. The lowest BCUT2D eigenvalue weighted by molar-refractivity contribution is -0.122. The van der Waals surface area contributed by atoms with Gasteiger partial charge in [0, 0.05) is 37.6 Å². The molecular weight excluding hydrogens is 508 g/mol. The Morgan fingerprint density at radius 3 is 2.52 bits per heavy atom. The minimum Gasteiger partial charge on any atom is -0.357 e. The molecule has 0 aromatic heterocycles. The third-order valence-electron chi connectivity index (χ3n) is 6.05. The van der Waals surface area contributed by atoms with Crippen LogP contribution in [0.5, 0.6) is 0 Å². The molecule has 1 aromatic carbocycles. The summed E-state index contributed by atoms with van der Waals surface area (Å²) in [6.45, 7) is 8.51. The van der Waals surface area contributed by atoms with Gasteiger partial charge in [0.05, 0.1) is 13.1 Å². The molecule has 1 aliphatic carbocycles. The molecule has 8 heteroatoms. The molecule has 31 heavy (non-hydrogen) atoms. The summed E-state index contributed by atoms with van der Waals surface area (Å²) >= 11 is 0. The summed E-state index contributed by atoms with van der Waals surface area (Å²) < 4.78 is 14.3. The van der Waals surface area contributed by atoms with E-state index in [0.29, 0.717) is 19.1 Å². The molecule has 3 rings (SSSR count). The molecule has 0 spiro atoms. The van der Waals surface area contributed by atoms with Gasteiger partial charge in [-0.3, -0.25) is 14.7 Å². The first kappa shape index (κ1) is 25.8. The number of nitrogens with zero attached hydrogens (tertiary/aromatic N) is 2. The number of guanidine groups is 1. The van der Waals surface area contributed by atoms with Gasteiger partial charge in [-0.15, -0.1) is 24.0 Å². The molecule has 0 unspecified atom stereocenters. The zero-order chi connectivity index (χ0) is 21.4. The maximum atomic E-state index is 14.3. The van der Waals surface area contributed by atoms with E-state index < -0.39 is 0 Å². The number of carbonyl (C=O) groups is 1. The van der Waals surface area contributed by atoms with E-state index in [4.69, 9.17) is 4.99 Å².